The van der Waals surface area contributed by atoms with E-state index in [9.17, 15) is 4.79 Å². The van der Waals surface area contributed by atoms with Crippen LogP contribution < -0.4 is 0 Å². The summed E-state index contributed by atoms with van der Waals surface area (Å²) in [5, 5.41) is 9.29. The summed E-state index contributed by atoms with van der Waals surface area (Å²) in [6.45, 7) is 2.76. The average Bonchev–Trinajstić information content (AvgIpc) is 3.26. The molecule has 3 rings (SSSR count). The standard InChI is InChI=1S/C16H16N4O3S/c1-3-20-14(11-4-7-17-8-5-11)18-19-16(20)24-10-13-12(6-9-23-13)15(21)22-2/h4-9H,3,10H2,1-2H3. The van der Waals surface area contributed by atoms with Crippen molar-refractivity contribution >= 4 is 17.7 Å². The Balaban J connectivity index is 1.81. The Hall–Kier alpha value is -2.61. The molecule has 0 radical (unpaired) electrons. The van der Waals surface area contributed by atoms with Crippen molar-refractivity contribution in [1.29, 1.82) is 0 Å². The van der Waals surface area contributed by atoms with Crippen LogP contribution in [0.1, 0.15) is 23.0 Å². The fourth-order valence-corrected chi connectivity index (χ4v) is 3.22. The van der Waals surface area contributed by atoms with Crippen molar-refractivity contribution in [2.24, 2.45) is 0 Å². The predicted octanol–water partition coefficient (Wildman–Crippen LogP) is 3.03. The van der Waals surface area contributed by atoms with Crippen molar-refractivity contribution in [3.63, 3.8) is 0 Å². The van der Waals surface area contributed by atoms with E-state index in [0.717, 1.165) is 23.1 Å². The van der Waals surface area contributed by atoms with Gasteiger partial charge in [-0.2, -0.15) is 0 Å². The van der Waals surface area contributed by atoms with Crippen LogP contribution in [0.4, 0.5) is 0 Å². The molecule has 24 heavy (non-hydrogen) atoms. The lowest BCUT2D eigenvalue weighted by atomic mass is 10.2. The molecule has 0 spiro atoms. The predicted molar refractivity (Wildman–Crippen MR) is 88.5 cm³/mol. The number of esters is 1. The third-order valence-corrected chi connectivity index (χ3v) is 4.42. The molecule has 0 unspecified atom stereocenters. The molecule has 0 atom stereocenters. The van der Waals surface area contributed by atoms with Crippen LogP contribution in [0.3, 0.4) is 0 Å². The zero-order valence-electron chi connectivity index (χ0n) is 13.3. The maximum Gasteiger partial charge on any atom is 0.341 e. The van der Waals surface area contributed by atoms with Gasteiger partial charge in [-0.1, -0.05) is 11.8 Å². The number of carbonyl (C=O) groups excluding carboxylic acids is 1. The molecule has 0 bridgehead atoms. The van der Waals surface area contributed by atoms with Crippen molar-refractivity contribution in [2.75, 3.05) is 7.11 Å². The zero-order chi connectivity index (χ0) is 16.9. The molecule has 0 saturated heterocycles. The molecule has 0 aromatic carbocycles. The van der Waals surface area contributed by atoms with Crippen LogP contribution in [-0.2, 0) is 17.0 Å². The van der Waals surface area contributed by atoms with Crippen molar-refractivity contribution in [3.8, 4) is 11.4 Å². The van der Waals surface area contributed by atoms with Crippen LogP contribution in [0.2, 0.25) is 0 Å². The number of furan rings is 1. The minimum absolute atomic E-state index is 0.409. The van der Waals surface area contributed by atoms with Crippen LogP contribution in [0, 0.1) is 0 Å². The summed E-state index contributed by atoms with van der Waals surface area (Å²) in [5.41, 5.74) is 1.39. The summed E-state index contributed by atoms with van der Waals surface area (Å²) < 4.78 is 12.1. The van der Waals surface area contributed by atoms with E-state index < -0.39 is 5.97 Å². The first-order chi connectivity index (χ1) is 11.7. The summed E-state index contributed by atoms with van der Waals surface area (Å²) in [6, 6.07) is 5.40. The van der Waals surface area contributed by atoms with Gasteiger partial charge in [-0.3, -0.25) is 4.98 Å². The normalized spacial score (nSPS) is 10.8. The summed E-state index contributed by atoms with van der Waals surface area (Å²) in [7, 11) is 1.35. The van der Waals surface area contributed by atoms with Gasteiger partial charge < -0.3 is 13.7 Å². The van der Waals surface area contributed by atoms with Crippen LogP contribution in [-0.4, -0.2) is 32.8 Å². The highest BCUT2D eigenvalue weighted by molar-refractivity contribution is 7.98. The summed E-state index contributed by atoms with van der Waals surface area (Å²) in [6.07, 6.45) is 4.93. The Morgan fingerprint density at radius 1 is 1.29 bits per heavy atom. The van der Waals surface area contributed by atoms with Crippen molar-refractivity contribution in [2.45, 2.75) is 24.4 Å². The molecule has 3 aromatic rings. The molecular formula is C16H16N4O3S. The second-order valence-electron chi connectivity index (χ2n) is 4.82. The number of methoxy groups -OCH3 is 1. The molecule has 8 heteroatoms. The van der Waals surface area contributed by atoms with Crippen LogP contribution >= 0.6 is 11.8 Å². The molecule has 0 aliphatic carbocycles. The summed E-state index contributed by atoms with van der Waals surface area (Å²) in [5.74, 6) is 1.40. The van der Waals surface area contributed by atoms with Crippen LogP contribution in [0.15, 0.2) is 46.4 Å². The van der Waals surface area contributed by atoms with E-state index in [4.69, 9.17) is 9.15 Å². The average molecular weight is 344 g/mol. The van der Waals surface area contributed by atoms with Crippen molar-refractivity contribution < 1.29 is 13.9 Å². The largest absolute Gasteiger partial charge is 0.468 e. The zero-order valence-corrected chi connectivity index (χ0v) is 14.1. The van der Waals surface area contributed by atoms with E-state index in [1.165, 1.54) is 25.1 Å². The van der Waals surface area contributed by atoms with Gasteiger partial charge in [-0.05, 0) is 25.1 Å². The smallest absolute Gasteiger partial charge is 0.341 e. The highest BCUT2D eigenvalue weighted by Crippen LogP contribution is 2.27. The van der Waals surface area contributed by atoms with E-state index >= 15 is 0 Å². The topological polar surface area (TPSA) is 83.0 Å². The van der Waals surface area contributed by atoms with E-state index in [-0.39, 0.29) is 0 Å². The van der Waals surface area contributed by atoms with Gasteiger partial charge in [0.2, 0.25) is 0 Å². The fourth-order valence-electron chi connectivity index (χ4n) is 2.27. The molecule has 0 N–H and O–H groups in total. The number of carbonyl (C=O) groups is 1. The minimum Gasteiger partial charge on any atom is -0.468 e. The molecule has 124 valence electrons. The van der Waals surface area contributed by atoms with E-state index in [1.54, 1.807) is 18.5 Å². The maximum absolute atomic E-state index is 11.7. The lowest BCUT2D eigenvalue weighted by molar-refractivity contribution is 0.0598. The second-order valence-corrected chi connectivity index (χ2v) is 5.77. The Kier molecular flexibility index (Phi) is 4.95. The van der Waals surface area contributed by atoms with Crippen LogP contribution in [0.25, 0.3) is 11.4 Å². The van der Waals surface area contributed by atoms with E-state index in [2.05, 4.69) is 15.2 Å². The maximum atomic E-state index is 11.7. The van der Waals surface area contributed by atoms with Crippen LogP contribution in [0.5, 0.6) is 0 Å². The number of hydrogen-bond donors (Lipinski definition) is 0. The first-order valence-corrected chi connectivity index (χ1v) is 8.34. The molecule has 0 aliphatic heterocycles. The molecular weight excluding hydrogens is 328 g/mol. The van der Waals surface area contributed by atoms with Gasteiger partial charge in [-0.15, -0.1) is 10.2 Å². The molecule has 3 heterocycles. The first-order valence-electron chi connectivity index (χ1n) is 7.35. The summed E-state index contributed by atoms with van der Waals surface area (Å²) in [4.78, 5) is 15.7. The number of thioether (sulfide) groups is 1. The highest BCUT2D eigenvalue weighted by Gasteiger charge is 2.18. The van der Waals surface area contributed by atoms with Gasteiger partial charge >= 0.3 is 5.97 Å². The molecule has 0 aliphatic rings. The van der Waals surface area contributed by atoms with Gasteiger partial charge in [0.25, 0.3) is 0 Å². The molecule has 0 amide bonds. The summed E-state index contributed by atoms with van der Waals surface area (Å²) >= 11 is 1.46. The van der Waals surface area contributed by atoms with E-state index in [0.29, 0.717) is 17.1 Å². The second kappa shape index (κ2) is 7.31. The molecule has 7 nitrogen and oxygen atoms in total. The monoisotopic (exact) mass is 344 g/mol. The lowest BCUT2D eigenvalue weighted by Gasteiger charge is -2.07. The number of aromatic nitrogens is 4. The number of hydrogen-bond acceptors (Lipinski definition) is 7. The van der Waals surface area contributed by atoms with Crippen molar-refractivity contribution in [3.05, 3.63) is 48.2 Å². The minimum atomic E-state index is -0.409. The van der Waals surface area contributed by atoms with Gasteiger partial charge in [-0.25, -0.2) is 4.79 Å². The van der Waals surface area contributed by atoms with Gasteiger partial charge in [0, 0.05) is 24.5 Å². The number of ether oxygens (including phenoxy) is 1. The number of rotatable bonds is 6. The third-order valence-electron chi connectivity index (χ3n) is 3.45. The van der Waals surface area contributed by atoms with Gasteiger partial charge in [0.15, 0.2) is 11.0 Å². The Bertz CT molecular complexity index is 829. The number of pyridine rings is 1. The van der Waals surface area contributed by atoms with Gasteiger partial charge in [0.05, 0.1) is 19.1 Å². The van der Waals surface area contributed by atoms with Crippen molar-refractivity contribution in [1.82, 2.24) is 19.7 Å². The Labute approximate surface area is 143 Å². The van der Waals surface area contributed by atoms with Gasteiger partial charge in [0.1, 0.15) is 11.3 Å². The first kappa shape index (κ1) is 16.3. The third kappa shape index (κ3) is 3.18. The Morgan fingerprint density at radius 2 is 2.08 bits per heavy atom. The lowest BCUT2D eigenvalue weighted by Crippen LogP contribution is -2.03. The SMILES string of the molecule is CCn1c(SCc2occc2C(=O)OC)nnc1-c1ccncc1. The number of nitrogens with zero attached hydrogens (tertiary/aromatic N) is 4. The quantitative estimate of drug-likeness (QED) is 0.502. The highest BCUT2D eigenvalue weighted by atomic mass is 32.2. The Morgan fingerprint density at radius 3 is 2.79 bits per heavy atom. The fraction of sp³-hybridized carbons (Fsp3) is 0.250. The molecule has 0 saturated carbocycles. The molecule has 0 fully saturated rings. The molecule has 3 aromatic heterocycles. The van der Waals surface area contributed by atoms with E-state index in [1.807, 2.05) is 23.6 Å².